The van der Waals surface area contributed by atoms with E-state index in [1.807, 2.05) is 36.4 Å². The fourth-order valence-electron chi connectivity index (χ4n) is 1.83. The van der Waals surface area contributed by atoms with Crippen LogP contribution < -0.4 is 0 Å². The van der Waals surface area contributed by atoms with Crippen LogP contribution >= 0.6 is 0 Å². The molecular weight excluding hydrogens is 224 g/mol. The van der Waals surface area contributed by atoms with Crippen LogP contribution in [0, 0.1) is 0 Å². The molecule has 0 fully saturated rings. The summed E-state index contributed by atoms with van der Waals surface area (Å²) in [6.07, 6.45) is 1.58. The molecule has 1 aromatic carbocycles. The van der Waals surface area contributed by atoms with E-state index < -0.39 is 6.10 Å². The number of benzene rings is 1. The zero-order valence-electron chi connectivity index (χ0n) is 10.7. The van der Waals surface area contributed by atoms with E-state index in [0.717, 1.165) is 17.0 Å². The van der Waals surface area contributed by atoms with E-state index in [0.29, 0.717) is 12.3 Å². The van der Waals surface area contributed by atoms with Crippen LogP contribution in [0.4, 0.5) is 0 Å². The first-order chi connectivity index (χ1) is 8.66. The zero-order valence-corrected chi connectivity index (χ0v) is 10.7. The third-order valence-electron chi connectivity index (χ3n) is 2.92. The SMILES string of the molecule is CC(C)c1cc(CC(O)c2ccccc2)ncn1. The van der Waals surface area contributed by atoms with Crippen molar-refractivity contribution in [3.63, 3.8) is 0 Å². The van der Waals surface area contributed by atoms with Crippen LogP contribution in [0.2, 0.25) is 0 Å². The molecule has 0 aliphatic heterocycles. The van der Waals surface area contributed by atoms with Gasteiger partial charge in [-0.15, -0.1) is 0 Å². The van der Waals surface area contributed by atoms with Crippen molar-refractivity contribution >= 4 is 0 Å². The maximum absolute atomic E-state index is 10.1. The molecule has 1 N–H and O–H groups in total. The monoisotopic (exact) mass is 242 g/mol. The van der Waals surface area contributed by atoms with Gasteiger partial charge in [-0.3, -0.25) is 0 Å². The van der Waals surface area contributed by atoms with Gasteiger partial charge in [0.1, 0.15) is 6.33 Å². The minimum Gasteiger partial charge on any atom is -0.388 e. The predicted octanol–water partition coefficient (Wildman–Crippen LogP) is 2.88. The van der Waals surface area contributed by atoms with Crippen LogP contribution in [0.5, 0.6) is 0 Å². The van der Waals surface area contributed by atoms with Gasteiger partial charge in [-0.05, 0) is 17.5 Å². The molecule has 94 valence electrons. The number of nitrogens with zero attached hydrogens (tertiary/aromatic N) is 2. The lowest BCUT2D eigenvalue weighted by molar-refractivity contribution is 0.177. The number of aliphatic hydroxyl groups excluding tert-OH is 1. The summed E-state index contributed by atoms with van der Waals surface area (Å²) in [6, 6.07) is 11.6. The highest BCUT2D eigenvalue weighted by Crippen LogP contribution is 2.18. The molecule has 18 heavy (non-hydrogen) atoms. The average Bonchev–Trinajstić information content (AvgIpc) is 2.40. The van der Waals surface area contributed by atoms with E-state index in [2.05, 4.69) is 23.8 Å². The number of aliphatic hydroxyl groups is 1. The molecular formula is C15H18N2O. The van der Waals surface area contributed by atoms with Gasteiger partial charge in [0.2, 0.25) is 0 Å². The third-order valence-corrected chi connectivity index (χ3v) is 2.92. The van der Waals surface area contributed by atoms with Crippen molar-refractivity contribution in [3.05, 3.63) is 59.7 Å². The van der Waals surface area contributed by atoms with Gasteiger partial charge in [0.25, 0.3) is 0 Å². The highest BCUT2D eigenvalue weighted by atomic mass is 16.3. The molecule has 2 aromatic rings. The molecule has 0 aliphatic carbocycles. The quantitative estimate of drug-likeness (QED) is 0.896. The van der Waals surface area contributed by atoms with Crippen molar-refractivity contribution in [1.82, 2.24) is 9.97 Å². The molecule has 3 heteroatoms. The van der Waals surface area contributed by atoms with Crippen molar-refractivity contribution in [2.24, 2.45) is 0 Å². The Morgan fingerprint density at radius 1 is 1.11 bits per heavy atom. The lowest BCUT2D eigenvalue weighted by Crippen LogP contribution is -2.05. The van der Waals surface area contributed by atoms with Crippen molar-refractivity contribution in [2.45, 2.75) is 32.3 Å². The minimum absolute atomic E-state index is 0.376. The molecule has 1 heterocycles. The van der Waals surface area contributed by atoms with Crippen molar-refractivity contribution in [1.29, 1.82) is 0 Å². The lowest BCUT2D eigenvalue weighted by atomic mass is 10.0. The van der Waals surface area contributed by atoms with Crippen molar-refractivity contribution in [3.8, 4) is 0 Å². The lowest BCUT2D eigenvalue weighted by Gasteiger charge is -2.11. The second kappa shape index (κ2) is 5.74. The first kappa shape index (κ1) is 12.7. The molecule has 3 nitrogen and oxygen atoms in total. The van der Waals surface area contributed by atoms with Crippen LogP contribution in [0.15, 0.2) is 42.7 Å². The Labute approximate surface area is 108 Å². The van der Waals surface area contributed by atoms with E-state index in [4.69, 9.17) is 0 Å². The number of hydrogen-bond acceptors (Lipinski definition) is 3. The van der Waals surface area contributed by atoms with E-state index in [1.54, 1.807) is 6.33 Å². The summed E-state index contributed by atoms with van der Waals surface area (Å²) in [4.78, 5) is 8.44. The number of rotatable bonds is 4. The van der Waals surface area contributed by atoms with Gasteiger partial charge in [-0.2, -0.15) is 0 Å². The third kappa shape index (κ3) is 3.14. The summed E-state index contributed by atoms with van der Waals surface area (Å²) < 4.78 is 0. The predicted molar refractivity (Wildman–Crippen MR) is 71.2 cm³/mol. The minimum atomic E-state index is -0.513. The molecule has 0 aliphatic rings. The van der Waals surface area contributed by atoms with Crippen LogP contribution in [-0.4, -0.2) is 15.1 Å². The Morgan fingerprint density at radius 3 is 2.50 bits per heavy atom. The fourth-order valence-corrected chi connectivity index (χ4v) is 1.83. The maximum atomic E-state index is 10.1. The molecule has 0 amide bonds. The highest BCUT2D eigenvalue weighted by Gasteiger charge is 2.10. The van der Waals surface area contributed by atoms with Gasteiger partial charge in [-0.1, -0.05) is 44.2 Å². The van der Waals surface area contributed by atoms with Crippen LogP contribution in [0.3, 0.4) is 0 Å². The Hall–Kier alpha value is -1.74. The molecule has 0 spiro atoms. The Kier molecular flexibility index (Phi) is 4.05. The molecule has 0 saturated heterocycles. The molecule has 2 rings (SSSR count). The Bertz CT molecular complexity index is 497. The standard InChI is InChI=1S/C15H18N2O/c1-11(2)14-8-13(16-10-17-14)9-15(18)12-6-4-3-5-7-12/h3-8,10-11,15,18H,9H2,1-2H3. The van der Waals surface area contributed by atoms with Gasteiger partial charge < -0.3 is 5.11 Å². The Morgan fingerprint density at radius 2 is 1.83 bits per heavy atom. The second-order valence-electron chi connectivity index (χ2n) is 4.72. The van der Waals surface area contributed by atoms with Gasteiger partial charge in [-0.25, -0.2) is 9.97 Å². The summed E-state index contributed by atoms with van der Waals surface area (Å²) in [5, 5.41) is 10.1. The van der Waals surface area contributed by atoms with E-state index in [1.165, 1.54) is 0 Å². The van der Waals surface area contributed by atoms with Crippen LogP contribution in [0.25, 0.3) is 0 Å². The van der Waals surface area contributed by atoms with Crippen molar-refractivity contribution < 1.29 is 5.11 Å². The number of aromatic nitrogens is 2. The molecule has 1 unspecified atom stereocenters. The van der Waals surface area contributed by atoms with Gasteiger partial charge in [0.15, 0.2) is 0 Å². The average molecular weight is 242 g/mol. The molecule has 1 aromatic heterocycles. The van der Waals surface area contributed by atoms with E-state index in [-0.39, 0.29) is 0 Å². The van der Waals surface area contributed by atoms with Crippen LogP contribution in [0.1, 0.15) is 42.8 Å². The van der Waals surface area contributed by atoms with E-state index in [9.17, 15) is 5.11 Å². The molecule has 0 radical (unpaired) electrons. The van der Waals surface area contributed by atoms with Gasteiger partial charge in [0.05, 0.1) is 6.10 Å². The summed E-state index contributed by atoms with van der Waals surface area (Å²) in [6.45, 7) is 4.19. The van der Waals surface area contributed by atoms with Gasteiger partial charge in [0, 0.05) is 17.8 Å². The second-order valence-corrected chi connectivity index (χ2v) is 4.72. The normalized spacial score (nSPS) is 12.7. The first-order valence-corrected chi connectivity index (χ1v) is 6.20. The molecule has 0 bridgehead atoms. The van der Waals surface area contributed by atoms with Gasteiger partial charge >= 0.3 is 0 Å². The summed E-state index contributed by atoms with van der Waals surface area (Å²) in [7, 11) is 0. The summed E-state index contributed by atoms with van der Waals surface area (Å²) >= 11 is 0. The maximum Gasteiger partial charge on any atom is 0.115 e. The summed E-state index contributed by atoms with van der Waals surface area (Å²) in [5.74, 6) is 0.376. The first-order valence-electron chi connectivity index (χ1n) is 6.20. The molecule has 1 atom stereocenters. The summed E-state index contributed by atoms with van der Waals surface area (Å²) in [5.41, 5.74) is 2.81. The smallest absolute Gasteiger partial charge is 0.115 e. The topological polar surface area (TPSA) is 46.0 Å². The Balaban J connectivity index is 2.12. The van der Waals surface area contributed by atoms with Crippen molar-refractivity contribution in [2.75, 3.05) is 0 Å². The van der Waals surface area contributed by atoms with Crippen LogP contribution in [-0.2, 0) is 6.42 Å². The number of hydrogen-bond donors (Lipinski definition) is 1. The van der Waals surface area contributed by atoms with E-state index >= 15 is 0 Å². The largest absolute Gasteiger partial charge is 0.388 e. The zero-order chi connectivity index (χ0) is 13.0. The molecule has 0 saturated carbocycles. The highest BCUT2D eigenvalue weighted by molar-refractivity contribution is 5.20. The fraction of sp³-hybridized carbons (Fsp3) is 0.333.